The van der Waals surface area contributed by atoms with Gasteiger partial charge in [0.25, 0.3) is 0 Å². The summed E-state index contributed by atoms with van der Waals surface area (Å²) in [4.78, 5) is 2.07. The molecular formula is C12H9F5N6S. The Morgan fingerprint density at radius 3 is 2.25 bits per heavy atom. The Hall–Kier alpha value is -2.76. The number of aromatic amines is 1. The van der Waals surface area contributed by atoms with Crippen LogP contribution in [0.25, 0.3) is 11.4 Å². The molecule has 3 rings (SSSR count). The van der Waals surface area contributed by atoms with Gasteiger partial charge in [-0.1, -0.05) is 19.4 Å². The fourth-order valence-corrected chi connectivity index (χ4v) is 2.54. The van der Waals surface area contributed by atoms with Gasteiger partial charge in [0.1, 0.15) is 10.7 Å². The maximum Gasteiger partial charge on any atom is 0.310 e. The largest absolute Gasteiger partial charge is 0.340 e. The van der Waals surface area contributed by atoms with Crippen LogP contribution in [0, 0.1) is 0 Å². The Kier molecular flexibility index (Phi) is 3.11. The van der Waals surface area contributed by atoms with Crippen LogP contribution in [-0.4, -0.2) is 25.6 Å². The topological polar surface area (TPSA) is 79.4 Å². The molecule has 6 nitrogen and oxygen atoms in total. The predicted octanol–water partition coefficient (Wildman–Crippen LogP) is 4.66. The fourth-order valence-electron chi connectivity index (χ4n) is 1.89. The summed E-state index contributed by atoms with van der Waals surface area (Å²) in [6.45, 7) is 0. The van der Waals surface area contributed by atoms with Gasteiger partial charge in [-0.2, -0.15) is 5.21 Å². The average Bonchev–Trinajstić information content (AvgIpc) is 3.00. The van der Waals surface area contributed by atoms with Crippen LogP contribution in [-0.2, 0) is 0 Å². The molecule has 1 aromatic carbocycles. The van der Waals surface area contributed by atoms with Crippen LogP contribution >= 0.6 is 10.2 Å². The lowest BCUT2D eigenvalue weighted by Crippen LogP contribution is -2.06. The Labute approximate surface area is 131 Å². The highest BCUT2D eigenvalue weighted by Crippen LogP contribution is 3.02. The van der Waals surface area contributed by atoms with Crippen LogP contribution in [0.15, 0.2) is 47.5 Å². The highest BCUT2D eigenvalue weighted by Gasteiger charge is 2.65. The number of hydrogen-bond donors (Lipinski definition) is 2. The van der Waals surface area contributed by atoms with Crippen molar-refractivity contribution in [2.45, 2.75) is 4.90 Å². The molecule has 24 heavy (non-hydrogen) atoms. The van der Waals surface area contributed by atoms with Crippen molar-refractivity contribution >= 4 is 21.7 Å². The van der Waals surface area contributed by atoms with Gasteiger partial charge < -0.3 is 5.32 Å². The molecule has 2 heterocycles. The molecule has 0 amide bonds. The van der Waals surface area contributed by atoms with Crippen molar-refractivity contribution in [1.29, 1.82) is 0 Å². The van der Waals surface area contributed by atoms with E-state index in [0.717, 1.165) is 12.1 Å². The zero-order valence-electron chi connectivity index (χ0n) is 11.6. The van der Waals surface area contributed by atoms with E-state index in [0.29, 0.717) is 17.7 Å². The van der Waals surface area contributed by atoms with Crippen LogP contribution in [0.2, 0.25) is 0 Å². The maximum atomic E-state index is 12.7. The number of rotatable bonds is 4. The summed E-state index contributed by atoms with van der Waals surface area (Å²) in [6, 6.07) is 5.64. The second-order valence-corrected chi connectivity index (χ2v) is 7.16. The molecule has 0 saturated carbocycles. The van der Waals surface area contributed by atoms with Gasteiger partial charge in [0, 0.05) is 11.9 Å². The molecule has 2 aromatic heterocycles. The van der Waals surface area contributed by atoms with E-state index in [2.05, 4.69) is 30.9 Å². The van der Waals surface area contributed by atoms with Crippen LogP contribution in [0.4, 0.5) is 30.9 Å². The highest BCUT2D eigenvalue weighted by molar-refractivity contribution is 8.45. The van der Waals surface area contributed by atoms with Gasteiger partial charge in [-0.25, -0.2) is 4.98 Å². The molecular weight excluding hydrogens is 355 g/mol. The van der Waals surface area contributed by atoms with Gasteiger partial charge in [-0.05, 0) is 41.6 Å². The standard InChI is InChI=1S/C12H9F5N6S/c13-24(14,15,16,17)9-5-3-8(4-6-9)19-11-10(2-1-7-18-11)12-20-22-23-21-12/h1-7H,(H,18,19)(H,20,21,22,23). The second kappa shape index (κ2) is 4.63. The van der Waals surface area contributed by atoms with Gasteiger partial charge in [-0.15, -0.1) is 10.2 Å². The van der Waals surface area contributed by atoms with E-state index in [1.54, 1.807) is 12.1 Å². The van der Waals surface area contributed by atoms with Crippen molar-refractivity contribution in [3.05, 3.63) is 42.6 Å². The summed E-state index contributed by atoms with van der Waals surface area (Å²) in [5.41, 5.74) is 0.576. The van der Waals surface area contributed by atoms with Crippen LogP contribution < -0.4 is 5.32 Å². The van der Waals surface area contributed by atoms with Crippen molar-refractivity contribution in [2.24, 2.45) is 0 Å². The van der Waals surface area contributed by atoms with E-state index in [9.17, 15) is 19.4 Å². The molecule has 0 fully saturated rings. The van der Waals surface area contributed by atoms with Crippen molar-refractivity contribution in [2.75, 3.05) is 5.32 Å². The highest BCUT2D eigenvalue weighted by atomic mass is 32.5. The van der Waals surface area contributed by atoms with Crippen LogP contribution in [0.5, 0.6) is 0 Å². The van der Waals surface area contributed by atoms with Crippen molar-refractivity contribution < 1.29 is 19.4 Å². The Morgan fingerprint density at radius 1 is 0.958 bits per heavy atom. The minimum Gasteiger partial charge on any atom is -0.340 e. The molecule has 0 unspecified atom stereocenters. The number of pyridine rings is 1. The molecule has 0 saturated heterocycles. The van der Waals surface area contributed by atoms with E-state index in [4.69, 9.17) is 0 Å². The molecule has 0 spiro atoms. The van der Waals surface area contributed by atoms with E-state index in [1.165, 1.54) is 6.20 Å². The number of anilines is 2. The second-order valence-electron chi connectivity index (χ2n) is 4.75. The molecule has 0 bridgehead atoms. The lowest BCUT2D eigenvalue weighted by Gasteiger charge is -2.40. The normalized spacial score (nSPS) is 14.7. The van der Waals surface area contributed by atoms with Crippen molar-refractivity contribution in [3.63, 3.8) is 0 Å². The third kappa shape index (κ3) is 3.42. The first-order valence-corrected chi connectivity index (χ1v) is 8.28. The van der Waals surface area contributed by atoms with E-state index < -0.39 is 15.1 Å². The quantitative estimate of drug-likeness (QED) is 0.658. The fraction of sp³-hybridized carbons (Fsp3) is 0. The zero-order valence-corrected chi connectivity index (χ0v) is 12.4. The number of aromatic nitrogens is 5. The Bertz CT molecular complexity index is 864. The monoisotopic (exact) mass is 364 g/mol. The molecule has 12 heteroatoms. The molecule has 0 aliphatic rings. The van der Waals surface area contributed by atoms with E-state index >= 15 is 0 Å². The van der Waals surface area contributed by atoms with Gasteiger partial charge in [0.15, 0.2) is 0 Å². The number of tetrazole rings is 1. The molecule has 0 aliphatic carbocycles. The summed E-state index contributed by atoms with van der Waals surface area (Å²) in [5, 5.41) is 16.0. The predicted molar refractivity (Wildman–Crippen MR) is 78.5 cm³/mol. The van der Waals surface area contributed by atoms with Crippen LogP contribution in [0.1, 0.15) is 0 Å². The summed E-state index contributed by atoms with van der Waals surface area (Å²) in [6.07, 6.45) is 1.44. The molecule has 128 valence electrons. The molecule has 0 atom stereocenters. The Balaban J connectivity index is 1.92. The van der Waals surface area contributed by atoms with Gasteiger partial charge in [-0.3, -0.25) is 0 Å². The minimum absolute atomic E-state index is 0.143. The summed E-state index contributed by atoms with van der Waals surface area (Å²) >= 11 is 0. The summed E-state index contributed by atoms with van der Waals surface area (Å²) < 4.78 is 63.5. The third-order valence-electron chi connectivity index (χ3n) is 2.96. The first-order valence-electron chi connectivity index (χ1n) is 6.33. The first kappa shape index (κ1) is 16.1. The van der Waals surface area contributed by atoms with E-state index in [1.807, 2.05) is 0 Å². The van der Waals surface area contributed by atoms with Gasteiger partial charge >= 0.3 is 10.2 Å². The third-order valence-corrected chi connectivity index (χ3v) is 4.12. The SMILES string of the molecule is FS(F)(F)(F)(F)c1ccc(Nc2ncccc2-c2nn[nH]n2)cc1. The maximum absolute atomic E-state index is 12.7. The average molecular weight is 364 g/mol. The summed E-state index contributed by atoms with van der Waals surface area (Å²) in [7, 11) is -9.69. The number of halogens is 5. The number of hydrogen-bond acceptors (Lipinski definition) is 5. The summed E-state index contributed by atoms with van der Waals surface area (Å²) in [5.74, 6) is 0.452. The lowest BCUT2D eigenvalue weighted by atomic mass is 10.2. The number of nitrogens with zero attached hydrogens (tertiary/aromatic N) is 4. The molecule has 0 aliphatic heterocycles. The Morgan fingerprint density at radius 2 is 1.67 bits per heavy atom. The van der Waals surface area contributed by atoms with Gasteiger partial charge in [0.05, 0.1) is 5.56 Å². The van der Waals surface area contributed by atoms with Crippen molar-refractivity contribution in [1.82, 2.24) is 25.6 Å². The van der Waals surface area contributed by atoms with Gasteiger partial charge in [0.2, 0.25) is 5.82 Å². The number of benzene rings is 1. The van der Waals surface area contributed by atoms with Crippen LogP contribution in [0.3, 0.4) is 0 Å². The molecule has 3 aromatic rings. The number of nitrogens with one attached hydrogen (secondary N) is 2. The molecule has 0 radical (unpaired) electrons. The first-order chi connectivity index (χ1) is 11.0. The van der Waals surface area contributed by atoms with E-state index in [-0.39, 0.29) is 17.3 Å². The smallest absolute Gasteiger partial charge is 0.310 e. The minimum atomic E-state index is -9.69. The van der Waals surface area contributed by atoms with Crippen molar-refractivity contribution in [3.8, 4) is 11.4 Å². The molecule has 2 N–H and O–H groups in total. The zero-order chi connectivity index (χ0) is 17.5. The lowest BCUT2D eigenvalue weighted by molar-refractivity contribution is 0.364. The number of H-pyrrole nitrogens is 1.